The summed E-state index contributed by atoms with van der Waals surface area (Å²) < 4.78 is 0. The molecule has 1 aromatic carbocycles. The molecule has 1 aliphatic heterocycles. The summed E-state index contributed by atoms with van der Waals surface area (Å²) in [4.78, 5) is 18.7. The molecule has 0 saturated carbocycles. The van der Waals surface area contributed by atoms with Crippen molar-refractivity contribution in [3.8, 4) is 0 Å². The second-order valence-corrected chi connectivity index (χ2v) is 5.05. The lowest BCUT2D eigenvalue weighted by atomic mass is 10.1. The first kappa shape index (κ1) is 11.9. The zero-order chi connectivity index (χ0) is 13.4. The molecular weight excluding hydrogens is 236 g/mol. The van der Waals surface area contributed by atoms with Crippen molar-refractivity contribution >= 4 is 11.6 Å². The molecular formula is C16H16N2O. The van der Waals surface area contributed by atoms with E-state index in [9.17, 15) is 4.79 Å². The summed E-state index contributed by atoms with van der Waals surface area (Å²) in [7, 11) is 0. The maximum absolute atomic E-state index is 12.7. The Kier molecular flexibility index (Phi) is 2.82. The normalized spacial score (nSPS) is 17.4. The van der Waals surface area contributed by atoms with Crippen LogP contribution in [-0.2, 0) is 6.42 Å². The van der Waals surface area contributed by atoms with Crippen molar-refractivity contribution < 1.29 is 4.79 Å². The molecule has 0 saturated heterocycles. The zero-order valence-corrected chi connectivity index (χ0v) is 11.1. The highest BCUT2D eigenvalue weighted by Gasteiger charge is 2.31. The zero-order valence-electron chi connectivity index (χ0n) is 11.1. The minimum Gasteiger partial charge on any atom is -0.305 e. The average molecular weight is 252 g/mol. The monoisotopic (exact) mass is 252 g/mol. The van der Waals surface area contributed by atoms with Gasteiger partial charge in [0.2, 0.25) is 0 Å². The van der Waals surface area contributed by atoms with Crippen LogP contribution in [0.5, 0.6) is 0 Å². The van der Waals surface area contributed by atoms with Gasteiger partial charge in [0.1, 0.15) is 0 Å². The molecule has 0 fully saturated rings. The Hall–Kier alpha value is -2.16. The van der Waals surface area contributed by atoms with Crippen LogP contribution in [0.4, 0.5) is 5.69 Å². The van der Waals surface area contributed by atoms with Crippen molar-refractivity contribution in [3.05, 3.63) is 59.4 Å². The molecule has 1 unspecified atom stereocenters. The number of fused-ring (bicyclic) bond motifs is 1. The highest BCUT2D eigenvalue weighted by Crippen LogP contribution is 2.33. The molecule has 0 spiro atoms. The quantitative estimate of drug-likeness (QED) is 0.781. The van der Waals surface area contributed by atoms with Crippen molar-refractivity contribution in [2.75, 3.05) is 4.90 Å². The number of benzene rings is 1. The maximum atomic E-state index is 12.7. The van der Waals surface area contributed by atoms with Gasteiger partial charge in [-0.2, -0.15) is 0 Å². The fourth-order valence-corrected chi connectivity index (χ4v) is 2.69. The molecule has 3 rings (SSSR count). The second kappa shape index (κ2) is 4.50. The number of rotatable bonds is 1. The first-order valence-corrected chi connectivity index (χ1v) is 6.50. The lowest BCUT2D eigenvalue weighted by Crippen LogP contribution is -2.36. The van der Waals surface area contributed by atoms with Gasteiger partial charge in [-0.3, -0.25) is 9.78 Å². The highest BCUT2D eigenvalue weighted by atomic mass is 16.2. The number of carbonyl (C=O) groups is 1. The molecule has 0 bridgehead atoms. The number of hydrogen-bond donors (Lipinski definition) is 0. The smallest absolute Gasteiger partial charge is 0.260 e. The number of aromatic nitrogens is 1. The van der Waals surface area contributed by atoms with Gasteiger partial charge in [0.25, 0.3) is 5.91 Å². The van der Waals surface area contributed by atoms with Crippen LogP contribution in [-0.4, -0.2) is 16.9 Å². The van der Waals surface area contributed by atoms with Crippen LogP contribution in [0, 0.1) is 6.92 Å². The van der Waals surface area contributed by atoms with Gasteiger partial charge >= 0.3 is 0 Å². The van der Waals surface area contributed by atoms with E-state index in [1.54, 1.807) is 12.4 Å². The van der Waals surface area contributed by atoms with Gasteiger partial charge in [0.15, 0.2) is 0 Å². The van der Waals surface area contributed by atoms with Gasteiger partial charge in [-0.15, -0.1) is 0 Å². The minimum absolute atomic E-state index is 0.0445. The molecule has 96 valence electrons. The van der Waals surface area contributed by atoms with E-state index in [0.717, 1.165) is 17.7 Å². The molecule has 2 aromatic rings. The molecule has 1 atom stereocenters. The number of nitrogens with zero attached hydrogens (tertiary/aromatic N) is 2. The van der Waals surface area contributed by atoms with Gasteiger partial charge < -0.3 is 4.90 Å². The average Bonchev–Trinajstić information content (AvgIpc) is 2.74. The van der Waals surface area contributed by atoms with E-state index >= 15 is 0 Å². The summed E-state index contributed by atoms with van der Waals surface area (Å²) in [6.07, 6.45) is 4.29. The predicted octanol–water partition coefficient (Wildman–Crippen LogP) is 2.98. The number of pyridine rings is 1. The van der Waals surface area contributed by atoms with Crippen LogP contribution in [0.3, 0.4) is 0 Å². The van der Waals surface area contributed by atoms with Crippen LogP contribution in [0.2, 0.25) is 0 Å². The number of amides is 1. The van der Waals surface area contributed by atoms with Crippen LogP contribution in [0.25, 0.3) is 0 Å². The third kappa shape index (κ3) is 1.91. The Morgan fingerprint density at radius 1 is 1.32 bits per heavy atom. The molecule has 1 aliphatic rings. The summed E-state index contributed by atoms with van der Waals surface area (Å²) in [6.45, 7) is 4.03. The van der Waals surface area contributed by atoms with Gasteiger partial charge in [-0.05, 0) is 43.5 Å². The van der Waals surface area contributed by atoms with Crippen molar-refractivity contribution in [2.45, 2.75) is 26.3 Å². The van der Waals surface area contributed by atoms with Crippen molar-refractivity contribution in [3.63, 3.8) is 0 Å². The fraction of sp³-hybridized carbons (Fsp3) is 0.250. The van der Waals surface area contributed by atoms with E-state index < -0.39 is 0 Å². The highest BCUT2D eigenvalue weighted by molar-refractivity contribution is 6.08. The summed E-state index contributed by atoms with van der Waals surface area (Å²) in [5.74, 6) is 0.0445. The number of para-hydroxylation sites is 1. The minimum atomic E-state index is 0.0445. The third-order valence-corrected chi connectivity index (χ3v) is 3.70. The topological polar surface area (TPSA) is 33.2 Å². The summed E-state index contributed by atoms with van der Waals surface area (Å²) in [5, 5.41) is 0. The lowest BCUT2D eigenvalue weighted by molar-refractivity contribution is 0.0980. The summed E-state index contributed by atoms with van der Waals surface area (Å²) >= 11 is 0. The molecule has 1 aromatic heterocycles. The van der Waals surface area contributed by atoms with Crippen molar-refractivity contribution in [2.24, 2.45) is 0 Å². The van der Waals surface area contributed by atoms with Crippen molar-refractivity contribution in [1.29, 1.82) is 0 Å². The summed E-state index contributed by atoms with van der Waals surface area (Å²) in [5.41, 5.74) is 3.93. The van der Waals surface area contributed by atoms with E-state index in [0.29, 0.717) is 5.56 Å². The molecule has 0 radical (unpaired) electrons. The van der Waals surface area contributed by atoms with Crippen molar-refractivity contribution in [1.82, 2.24) is 4.98 Å². The largest absolute Gasteiger partial charge is 0.305 e. The Labute approximate surface area is 112 Å². The van der Waals surface area contributed by atoms with Gasteiger partial charge in [0.05, 0.1) is 5.56 Å². The second-order valence-electron chi connectivity index (χ2n) is 5.05. The molecule has 0 N–H and O–H groups in total. The maximum Gasteiger partial charge on any atom is 0.260 e. The lowest BCUT2D eigenvalue weighted by Gasteiger charge is -2.23. The Balaban J connectivity index is 2.03. The number of hydrogen-bond acceptors (Lipinski definition) is 2. The fourth-order valence-electron chi connectivity index (χ4n) is 2.69. The molecule has 3 heteroatoms. The van der Waals surface area contributed by atoms with E-state index in [4.69, 9.17) is 0 Å². The van der Waals surface area contributed by atoms with E-state index in [2.05, 4.69) is 18.0 Å². The number of anilines is 1. The molecule has 3 nitrogen and oxygen atoms in total. The first-order chi connectivity index (χ1) is 9.18. The first-order valence-electron chi connectivity index (χ1n) is 6.50. The van der Waals surface area contributed by atoms with Crippen LogP contribution < -0.4 is 4.90 Å². The Morgan fingerprint density at radius 2 is 2.11 bits per heavy atom. The molecule has 19 heavy (non-hydrogen) atoms. The van der Waals surface area contributed by atoms with Gasteiger partial charge in [-0.1, -0.05) is 18.2 Å². The number of aryl methyl sites for hydroxylation is 1. The Morgan fingerprint density at radius 3 is 2.89 bits per heavy atom. The van der Waals surface area contributed by atoms with Crippen LogP contribution in [0.15, 0.2) is 42.7 Å². The van der Waals surface area contributed by atoms with E-state index in [1.807, 2.05) is 36.1 Å². The van der Waals surface area contributed by atoms with Crippen LogP contribution >= 0.6 is 0 Å². The molecule has 1 amide bonds. The van der Waals surface area contributed by atoms with E-state index in [-0.39, 0.29) is 11.9 Å². The number of carbonyl (C=O) groups excluding carboxylic acids is 1. The van der Waals surface area contributed by atoms with E-state index in [1.165, 1.54) is 5.56 Å². The summed E-state index contributed by atoms with van der Waals surface area (Å²) in [6, 6.07) is 10.2. The molecule has 2 heterocycles. The van der Waals surface area contributed by atoms with Crippen LogP contribution in [0.1, 0.15) is 28.4 Å². The Bertz CT molecular complexity index is 636. The van der Waals surface area contributed by atoms with Gasteiger partial charge in [0, 0.05) is 24.1 Å². The standard InChI is InChI=1S/C16H16N2O/c1-11-7-8-17-10-14(11)16(19)18-12(2)9-13-5-3-4-6-15(13)18/h3-8,10,12H,9H2,1-2H3. The molecule has 0 aliphatic carbocycles. The van der Waals surface area contributed by atoms with Gasteiger partial charge in [-0.25, -0.2) is 0 Å². The third-order valence-electron chi connectivity index (χ3n) is 3.70. The predicted molar refractivity (Wildman–Crippen MR) is 75.4 cm³/mol. The SMILES string of the molecule is Cc1ccncc1C(=O)N1c2ccccc2CC1C.